The van der Waals surface area contributed by atoms with Crippen LogP contribution in [0.25, 0.3) is 0 Å². The zero-order chi connectivity index (χ0) is 36.6. The highest BCUT2D eigenvalue weighted by Gasteiger charge is 2.22. The third-order valence-electron chi connectivity index (χ3n) is 8.59. The molecule has 0 aromatic heterocycles. The zero-order valence-corrected chi connectivity index (χ0v) is 29.9. The first-order chi connectivity index (χ1) is 24.7. The fourth-order valence-corrected chi connectivity index (χ4v) is 5.66. The summed E-state index contributed by atoms with van der Waals surface area (Å²) in [5.74, 6) is -0.525. The summed E-state index contributed by atoms with van der Waals surface area (Å²) in [6.07, 6.45) is 6.56. The first kappa shape index (κ1) is 38.4. The number of esters is 1. The van der Waals surface area contributed by atoms with Crippen molar-refractivity contribution < 1.29 is 33.4 Å². The first-order valence-electron chi connectivity index (χ1n) is 17.6. The molecule has 0 saturated carbocycles. The Labute approximate surface area is 300 Å². The maximum Gasteiger partial charge on any atom is 0.343 e. The summed E-state index contributed by atoms with van der Waals surface area (Å²) in [6.45, 7) is 6.18. The highest BCUT2D eigenvalue weighted by atomic mass is 16.6. The summed E-state index contributed by atoms with van der Waals surface area (Å²) in [4.78, 5) is 51.9. The number of hydrogen-bond acceptors (Lipinski definition) is 7. The Bertz CT molecular complexity index is 1760. The Morgan fingerprint density at radius 2 is 1.49 bits per heavy atom. The fourth-order valence-electron chi connectivity index (χ4n) is 5.66. The van der Waals surface area contributed by atoms with Gasteiger partial charge in [0.25, 0.3) is 5.91 Å². The molecular weight excluding hydrogens is 644 g/mol. The van der Waals surface area contributed by atoms with Crippen molar-refractivity contribution in [3.8, 4) is 17.2 Å². The summed E-state index contributed by atoms with van der Waals surface area (Å²) in [7, 11) is 1.46. The summed E-state index contributed by atoms with van der Waals surface area (Å²) in [6, 6.07) is 27.1. The van der Waals surface area contributed by atoms with E-state index >= 15 is 0 Å². The van der Waals surface area contributed by atoms with Crippen molar-refractivity contribution in [2.24, 2.45) is 0 Å². The van der Waals surface area contributed by atoms with Crippen LogP contribution in [-0.4, -0.2) is 43.3 Å². The van der Waals surface area contributed by atoms with Crippen molar-refractivity contribution >= 4 is 29.3 Å². The summed E-state index contributed by atoms with van der Waals surface area (Å²) in [5, 5.41) is 5.74. The number of methoxy groups -OCH3 is 1. The van der Waals surface area contributed by atoms with Crippen LogP contribution in [0.1, 0.15) is 97.1 Å². The molecule has 51 heavy (non-hydrogen) atoms. The normalized spacial score (nSPS) is 11.9. The van der Waals surface area contributed by atoms with Gasteiger partial charge < -0.3 is 24.8 Å². The van der Waals surface area contributed by atoms with Crippen molar-refractivity contribution in [3.63, 3.8) is 0 Å². The van der Waals surface area contributed by atoms with Crippen LogP contribution in [0.2, 0.25) is 0 Å². The first-order valence-corrected chi connectivity index (χ1v) is 17.6. The van der Waals surface area contributed by atoms with Crippen molar-refractivity contribution in [2.75, 3.05) is 19.0 Å². The minimum Gasteiger partial charge on any atom is -0.494 e. The van der Waals surface area contributed by atoms with Crippen molar-refractivity contribution in [1.29, 1.82) is 0 Å². The molecule has 2 atom stereocenters. The van der Waals surface area contributed by atoms with Crippen LogP contribution in [0.15, 0.2) is 97.1 Å². The summed E-state index contributed by atoms with van der Waals surface area (Å²) in [5.41, 5.74) is 2.75. The van der Waals surface area contributed by atoms with Gasteiger partial charge in [-0.3, -0.25) is 14.4 Å². The lowest BCUT2D eigenvalue weighted by Crippen LogP contribution is -2.41. The number of hydrogen-bond donors (Lipinski definition) is 2. The quantitative estimate of drug-likeness (QED) is 0.0576. The molecule has 4 aromatic carbocycles. The second-order valence-electron chi connectivity index (χ2n) is 12.4. The molecule has 0 spiro atoms. The van der Waals surface area contributed by atoms with Gasteiger partial charge in [0.2, 0.25) is 5.91 Å². The zero-order valence-electron chi connectivity index (χ0n) is 29.9. The largest absolute Gasteiger partial charge is 0.494 e. The van der Waals surface area contributed by atoms with E-state index in [-0.39, 0.29) is 29.8 Å². The van der Waals surface area contributed by atoms with Crippen LogP contribution in [0.3, 0.4) is 0 Å². The van der Waals surface area contributed by atoms with Gasteiger partial charge in [0.05, 0.1) is 31.2 Å². The van der Waals surface area contributed by atoms with Crippen molar-refractivity contribution in [3.05, 3.63) is 119 Å². The molecule has 4 rings (SSSR count). The molecule has 0 aliphatic rings. The number of ketones is 1. The van der Waals surface area contributed by atoms with Gasteiger partial charge in [-0.15, -0.1) is 0 Å². The fraction of sp³-hybridized carbons (Fsp3) is 0.333. The molecule has 0 radical (unpaired) electrons. The molecule has 4 aromatic rings. The van der Waals surface area contributed by atoms with Gasteiger partial charge in [0.1, 0.15) is 5.75 Å². The molecule has 0 aliphatic carbocycles. The maximum absolute atomic E-state index is 13.3. The summed E-state index contributed by atoms with van der Waals surface area (Å²) < 4.78 is 16.9. The van der Waals surface area contributed by atoms with Gasteiger partial charge in [0, 0.05) is 11.3 Å². The molecule has 0 bridgehead atoms. The number of ether oxygens (including phenoxy) is 3. The second kappa shape index (κ2) is 19.7. The molecule has 9 heteroatoms. The number of unbranched alkanes of at least 4 members (excludes halogenated alkanes) is 4. The minimum atomic E-state index is -0.839. The molecule has 2 amide bonds. The van der Waals surface area contributed by atoms with E-state index in [0.717, 1.165) is 18.4 Å². The number of nitrogens with one attached hydrogen (secondary N) is 2. The molecule has 2 N–H and O–H groups in total. The second-order valence-corrected chi connectivity index (χ2v) is 12.4. The van der Waals surface area contributed by atoms with E-state index in [9.17, 15) is 19.2 Å². The number of rotatable bonds is 19. The maximum atomic E-state index is 13.3. The average molecular weight is 693 g/mol. The Balaban J connectivity index is 1.35. The van der Waals surface area contributed by atoms with Crippen molar-refractivity contribution in [1.82, 2.24) is 5.32 Å². The van der Waals surface area contributed by atoms with E-state index in [1.165, 1.54) is 33.3 Å². The highest BCUT2D eigenvalue weighted by molar-refractivity contribution is 6.00. The Morgan fingerprint density at radius 3 is 2.18 bits per heavy atom. The number of carbonyl (C=O) groups excluding carboxylic acids is 4. The third-order valence-corrected chi connectivity index (χ3v) is 8.59. The van der Waals surface area contributed by atoms with Gasteiger partial charge >= 0.3 is 5.97 Å². The van der Waals surface area contributed by atoms with Crippen LogP contribution in [0.5, 0.6) is 17.2 Å². The Morgan fingerprint density at radius 1 is 0.745 bits per heavy atom. The monoisotopic (exact) mass is 692 g/mol. The van der Waals surface area contributed by atoms with Crippen LogP contribution in [0, 0.1) is 0 Å². The smallest absolute Gasteiger partial charge is 0.343 e. The molecule has 0 fully saturated rings. The Kier molecular flexibility index (Phi) is 14.8. The molecule has 2 unspecified atom stereocenters. The SMILES string of the molecule is CCCCCCCOc1ccc(C(=O)Oc2ccc(CC(NC(=O)c3cccc(NC(=O)C(CC)c4ccccc4)c3)C(C)=O)cc2OC)cc1. The number of anilines is 1. The number of carbonyl (C=O) groups is 4. The summed E-state index contributed by atoms with van der Waals surface area (Å²) >= 11 is 0. The molecule has 0 aliphatic heterocycles. The van der Waals surface area contributed by atoms with Crippen LogP contribution < -0.4 is 24.8 Å². The molecule has 0 saturated heterocycles. The molecule has 268 valence electrons. The Hall–Kier alpha value is -5.44. The minimum absolute atomic E-state index is 0.169. The van der Waals surface area contributed by atoms with Gasteiger partial charge in [-0.1, -0.05) is 82.0 Å². The predicted octanol–water partition coefficient (Wildman–Crippen LogP) is 8.33. The van der Waals surface area contributed by atoms with E-state index in [4.69, 9.17) is 14.2 Å². The van der Waals surface area contributed by atoms with E-state index in [0.29, 0.717) is 46.9 Å². The van der Waals surface area contributed by atoms with E-state index < -0.39 is 17.9 Å². The highest BCUT2D eigenvalue weighted by Crippen LogP contribution is 2.30. The average Bonchev–Trinajstić information content (AvgIpc) is 3.14. The molecule has 0 heterocycles. The van der Waals surface area contributed by atoms with Gasteiger partial charge in [-0.25, -0.2) is 4.79 Å². The van der Waals surface area contributed by atoms with E-state index in [1.807, 2.05) is 37.3 Å². The predicted molar refractivity (Wildman–Crippen MR) is 199 cm³/mol. The molecular formula is C42H48N2O7. The van der Waals surface area contributed by atoms with E-state index in [1.54, 1.807) is 66.7 Å². The number of amides is 2. The van der Waals surface area contributed by atoms with Gasteiger partial charge in [-0.05, 0) is 91.9 Å². The number of benzene rings is 4. The standard InChI is InChI=1S/C42H48N2O7/c1-5-7-8-9-13-25-50-35-22-20-32(21-23-35)42(48)51-38-24-19-30(27-39(38)49-4)26-37(29(3)45)44-40(46)33-17-14-18-34(28-33)43-41(47)36(6-2)31-15-11-10-12-16-31/h10-12,14-24,27-28,36-37H,5-9,13,25-26H2,1-4H3,(H,43,47)(H,44,46). The van der Waals surface area contributed by atoms with Crippen LogP contribution in [-0.2, 0) is 16.0 Å². The van der Waals surface area contributed by atoms with Gasteiger partial charge in [-0.2, -0.15) is 0 Å². The lowest BCUT2D eigenvalue weighted by Gasteiger charge is -2.18. The van der Waals surface area contributed by atoms with Crippen LogP contribution >= 0.6 is 0 Å². The van der Waals surface area contributed by atoms with Crippen LogP contribution in [0.4, 0.5) is 5.69 Å². The third kappa shape index (κ3) is 11.6. The lowest BCUT2D eigenvalue weighted by atomic mass is 9.95. The lowest BCUT2D eigenvalue weighted by molar-refractivity contribution is -0.119. The van der Waals surface area contributed by atoms with E-state index in [2.05, 4.69) is 17.6 Å². The topological polar surface area (TPSA) is 120 Å². The number of Topliss-reactive ketones (excluding diaryl/α,β-unsaturated/α-hetero) is 1. The van der Waals surface area contributed by atoms with Gasteiger partial charge in [0.15, 0.2) is 17.3 Å². The van der Waals surface area contributed by atoms with Crippen molar-refractivity contribution in [2.45, 2.75) is 77.7 Å². The molecule has 9 nitrogen and oxygen atoms in total.